The Bertz CT molecular complexity index is 1070. The highest BCUT2D eigenvalue weighted by atomic mass is 16.5. The molecule has 0 fully saturated rings. The van der Waals surface area contributed by atoms with E-state index in [9.17, 15) is 19.2 Å². The molecule has 32 heavy (non-hydrogen) atoms. The number of nitrogens with zero attached hydrogens (tertiary/aromatic N) is 1. The quantitative estimate of drug-likeness (QED) is 0.387. The van der Waals surface area contributed by atoms with Crippen molar-refractivity contribution in [1.82, 2.24) is 10.2 Å². The number of allylic oxidation sites excluding steroid dienone is 1. The SMILES string of the molecule is O=C(COC(=O)c1ccc2c(c1)C(=O)N(Cc1ccco1)C2=O)NCCC1=CCCCC1. The van der Waals surface area contributed by atoms with E-state index in [2.05, 4.69) is 11.4 Å². The van der Waals surface area contributed by atoms with Gasteiger partial charge >= 0.3 is 5.97 Å². The Morgan fingerprint density at radius 2 is 1.94 bits per heavy atom. The topological polar surface area (TPSA) is 106 Å². The van der Waals surface area contributed by atoms with Crippen molar-refractivity contribution in [2.75, 3.05) is 13.2 Å². The summed E-state index contributed by atoms with van der Waals surface area (Å²) in [4.78, 5) is 50.6. The van der Waals surface area contributed by atoms with Crippen LogP contribution in [-0.4, -0.2) is 41.7 Å². The standard InChI is InChI=1S/C24H24N2O6/c27-21(25-11-10-16-5-2-1-3-6-16)15-32-24(30)17-8-9-19-20(13-17)23(29)26(22(19)28)14-18-7-4-12-31-18/h4-5,7-9,12-13H,1-3,6,10-11,14-15H2,(H,25,27). The minimum Gasteiger partial charge on any atom is -0.467 e. The second-order valence-electron chi connectivity index (χ2n) is 7.82. The van der Waals surface area contributed by atoms with Gasteiger partial charge in [-0.15, -0.1) is 0 Å². The lowest BCUT2D eigenvalue weighted by molar-refractivity contribution is -0.124. The van der Waals surface area contributed by atoms with E-state index in [1.165, 1.54) is 42.9 Å². The number of rotatable bonds is 8. The fourth-order valence-electron chi connectivity index (χ4n) is 3.88. The van der Waals surface area contributed by atoms with E-state index >= 15 is 0 Å². The van der Waals surface area contributed by atoms with Gasteiger partial charge in [0.05, 0.1) is 29.5 Å². The van der Waals surface area contributed by atoms with Crippen LogP contribution in [0.3, 0.4) is 0 Å². The maximum atomic E-state index is 12.7. The van der Waals surface area contributed by atoms with E-state index < -0.39 is 24.4 Å². The van der Waals surface area contributed by atoms with Crippen molar-refractivity contribution in [1.29, 1.82) is 0 Å². The number of hydrogen-bond acceptors (Lipinski definition) is 6. The minimum atomic E-state index is -0.734. The predicted octanol–water partition coefficient (Wildman–Crippen LogP) is 3.24. The number of imide groups is 1. The average Bonchev–Trinajstić information content (AvgIpc) is 3.41. The van der Waals surface area contributed by atoms with Crippen molar-refractivity contribution in [2.45, 2.75) is 38.6 Å². The number of ether oxygens (including phenoxy) is 1. The molecule has 2 aromatic rings. The van der Waals surface area contributed by atoms with Crippen LogP contribution in [0, 0.1) is 0 Å². The molecule has 0 atom stereocenters. The van der Waals surface area contributed by atoms with Crippen LogP contribution in [0.4, 0.5) is 0 Å². The van der Waals surface area contributed by atoms with Gasteiger partial charge in [-0.25, -0.2) is 4.79 Å². The van der Waals surface area contributed by atoms with E-state index in [4.69, 9.17) is 9.15 Å². The van der Waals surface area contributed by atoms with Gasteiger partial charge < -0.3 is 14.5 Å². The molecule has 1 aliphatic heterocycles. The molecule has 1 aromatic carbocycles. The molecule has 0 saturated heterocycles. The zero-order chi connectivity index (χ0) is 22.5. The molecular formula is C24H24N2O6. The molecule has 2 aliphatic rings. The first-order valence-electron chi connectivity index (χ1n) is 10.7. The average molecular weight is 436 g/mol. The summed E-state index contributed by atoms with van der Waals surface area (Å²) >= 11 is 0. The van der Waals surface area contributed by atoms with Crippen LogP contribution in [0.1, 0.15) is 68.9 Å². The molecule has 0 spiro atoms. The van der Waals surface area contributed by atoms with Gasteiger partial charge in [-0.3, -0.25) is 19.3 Å². The largest absolute Gasteiger partial charge is 0.467 e. The van der Waals surface area contributed by atoms with Crippen LogP contribution >= 0.6 is 0 Å². The van der Waals surface area contributed by atoms with Crippen LogP contribution in [0.15, 0.2) is 52.7 Å². The Kier molecular flexibility index (Phi) is 6.49. The molecule has 1 aliphatic carbocycles. The number of furan rings is 1. The summed E-state index contributed by atoms with van der Waals surface area (Å²) in [7, 11) is 0. The van der Waals surface area contributed by atoms with Crippen LogP contribution in [-0.2, 0) is 16.1 Å². The van der Waals surface area contributed by atoms with Gasteiger partial charge in [0.1, 0.15) is 5.76 Å². The monoisotopic (exact) mass is 436 g/mol. The van der Waals surface area contributed by atoms with Gasteiger partial charge in [0.15, 0.2) is 6.61 Å². The van der Waals surface area contributed by atoms with E-state index in [0.29, 0.717) is 12.3 Å². The highest BCUT2D eigenvalue weighted by Crippen LogP contribution is 2.26. The molecule has 166 valence electrons. The molecule has 0 radical (unpaired) electrons. The van der Waals surface area contributed by atoms with Gasteiger partial charge in [-0.1, -0.05) is 11.6 Å². The van der Waals surface area contributed by atoms with Gasteiger partial charge in [0, 0.05) is 6.54 Å². The maximum Gasteiger partial charge on any atom is 0.338 e. The van der Waals surface area contributed by atoms with Crippen LogP contribution in [0.25, 0.3) is 0 Å². The third kappa shape index (κ3) is 4.80. The molecule has 0 bridgehead atoms. The summed E-state index contributed by atoms with van der Waals surface area (Å²) in [5.74, 6) is -1.60. The van der Waals surface area contributed by atoms with E-state index in [1.54, 1.807) is 12.1 Å². The summed E-state index contributed by atoms with van der Waals surface area (Å²) in [6, 6.07) is 7.50. The van der Waals surface area contributed by atoms with Crippen molar-refractivity contribution >= 4 is 23.7 Å². The van der Waals surface area contributed by atoms with Crippen molar-refractivity contribution < 1.29 is 28.3 Å². The Hall–Kier alpha value is -3.68. The Labute approximate surface area is 185 Å². The second kappa shape index (κ2) is 9.64. The Balaban J connectivity index is 1.30. The second-order valence-corrected chi connectivity index (χ2v) is 7.82. The van der Waals surface area contributed by atoms with E-state index in [0.717, 1.165) is 24.2 Å². The van der Waals surface area contributed by atoms with Gasteiger partial charge in [-0.2, -0.15) is 0 Å². The number of amides is 3. The van der Waals surface area contributed by atoms with Crippen LogP contribution in [0.5, 0.6) is 0 Å². The first-order chi connectivity index (χ1) is 15.5. The van der Waals surface area contributed by atoms with Gasteiger partial charge in [0.25, 0.3) is 17.7 Å². The number of hydrogen-bond donors (Lipinski definition) is 1. The molecule has 4 rings (SSSR count). The third-order valence-electron chi connectivity index (χ3n) is 5.59. The normalized spacial score (nSPS) is 15.4. The number of esters is 1. The summed E-state index contributed by atoms with van der Waals surface area (Å²) < 4.78 is 10.3. The molecule has 1 N–H and O–H groups in total. The van der Waals surface area contributed by atoms with Crippen LogP contribution in [0.2, 0.25) is 0 Å². The Morgan fingerprint density at radius 3 is 2.69 bits per heavy atom. The third-order valence-corrected chi connectivity index (χ3v) is 5.59. The summed E-state index contributed by atoms with van der Waals surface area (Å²) in [5, 5.41) is 2.75. The fraction of sp³-hybridized carbons (Fsp3) is 0.333. The highest BCUT2D eigenvalue weighted by molar-refractivity contribution is 6.21. The molecule has 8 nitrogen and oxygen atoms in total. The number of carbonyl (C=O) groups excluding carboxylic acids is 4. The van der Waals surface area contributed by atoms with Crippen molar-refractivity contribution in [3.8, 4) is 0 Å². The summed E-state index contributed by atoms with van der Waals surface area (Å²) in [6.45, 7) is 0.103. The molecule has 3 amide bonds. The van der Waals surface area contributed by atoms with Gasteiger partial charge in [0.2, 0.25) is 0 Å². The Morgan fingerprint density at radius 1 is 1.09 bits per heavy atom. The molecular weight excluding hydrogens is 412 g/mol. The number of nitrogens with one attached hydrogen (secondary N) is 1. The molecule has 0 unspecified atom stereocenters. The maximum absolute atomic E-state index is 12.7. The lowest BCUT2D eigenvalue weighted by Gasteiger charge is -2.13. The smallest absolute Gasteiger partial charge is 0.338 e. The van der Waals surface area contributed by atoms with Crippen LogP contribution < -0.4 is 5.32 Å². The number of fused-ring (bicyclic) bond motifs is 1. The first kappa shape index (κ1) is 21.5. The van der Waals surface area contributed by atoms with Crippen molar-refractivity contribution in [2.24, 2.45) is 0 Å². The highest BCUT2D eigenvalue weighted by Gasteiger charge is 2.36. The number of benzene rings is 1. The molecule has 8 heteroatoms. The van der Waals surface area contributed by atoms with E-state index in [1.807, 2.05) is 0 Å². The summed E-state index contributed by atoms with van der Waals surface area (Å²) in [5.41, 5.74) is 1.80. The zero-order valence-electron chi connectivity index (χ0n) is 17.6. The van der Waals surface area contributed by atoms with Crippen molar-refractivity contribution in [3.05, 3.63) is 70.7 Å². The zero-order valence-corrected chi connectivity index (χ0v) is 17.6. The van der Waals surface area contributed by atoms with Gasteiger partial charge in [-0.05, 0) is 62.4 Å². The number of carbonyl (C=O) groups is 4. The molecule has 2 heterocycles. The van der Waals surface area contributed by atoms with Crippen molar-refractivity contribution in [3.63, 3.8) is 0 Å². The lowest BCUT2D eigenvalue weighted by atomic mass is 9.97. The molecule has 1 aromatic heterocycles. The minimum absolute atomic E-state index is 0.0101. The first-order valence-corrected chi connectivity index (χ1v) is 10.7. The summed E-state index contributed by atoms with van der Waals surface area (Å²) in [6.07, 6.45) is 9.06. The predicted molar refractivity (Wildman–Crippen MR) is 114 cm³/mol. The van der Waals surface area contributed by atoms with E-state index in [-0.39, 0.29) is 29.1 Å². The molecule has 0 saturated carbocycles. The lowest BCUT2D eigenvalue weighted by Crippen LogP contribution is -2.30. The fourth-order valence-corrected chi connectivity index (χ4v) is 3.88.